The average molecular weight is 314 g/mol. The topological polar surface area (TPSA) is 58.6 Å². The van der Waals surface area contributed by atoms with Crippen LogP contribution in [0.15, 0.2) is 16.6 Å². The molecule has 0 bridgehead atoms. The minimum Gasteiger partial charge on any atom is -0.503 e. The van der Waals surface area contributed by atoms with E-state index in [1.807, 2.05) is 0 Å². The van der Waals surface area contributed by atoms with Crippen molar-refractivity contribution in [1.29, 1.82) is 0 Å². The number of phenolic OH excluding ortho intramolecular Hbond substituents is 1. The second-order valence-electron chi connectivity index (χ2n) is 4.46. The van der Waals surface area contributed by atoms with E-state index in [0.29, 0.717) is 15.8 Å². The van der Waals surface area contributed by atoms with E-state index in [1.165, 1.54) is 20.0 Å². The zero-order valence-corrected chi connectivity index (χ0v) is 11.8. The Morgan fingerprint density at radius 1 is 1.44 bits per heavy atom. The molecule has 0 aromatic heterocycles. The zero-order chi connectivity index (χ0) is 13.1. The van der Waals surface area contributed by atoms with Crippen molar-refractivity contribution in [2.75, 3.05) is 7.11 Å². The molecule has 1 fully saturated rings. The first-order valence-electron chi connectivity index (χ1n) is 5.99. The van der Waals surface area contributed by atoms with Crippen LogP contribution in [0.5, 0.6) is 11.5 Å². The number of carbonyl (C=O) groups is 1. The zero-order valence-electron chi connectivity index (χ0n) is 10.2. The van der Waals surface area contributed by atoms with Crippen molar-refractivity contribution in [3.8, 4) is 11.5 Å². The van der Waals surface area contributed by atoms with Crippen molar-refractivity contribution < 1.29 is 14.6 Å². The maximum absolute atomic E-state index is 12.1. The molecule has 1 saturated carbocycles. The third-order valence-electron chi connectivity index (χ3n) is 3.20. The fourth-order valence-electron chi connectivity index (χ4n) is 2.20. The highest BCUT2D eigenvalue weighted by Gasteiger charge is 2.19. The van der Waals surface area contributed by atoms with E-state index in [-0.39, 0.29) is 17.7 Å². The molecular formula is C13H16BrNO3. The summed E-state index contributed by atoms with van der Waals surface area (Å²) in [6.07, 6.45) is 4.44. The van der Waals surface area contributed by atoms with E-state index >= 15 is 0 Å². The highest BCUT2D eigenvalue weighted by atomic mass is 79.9. The third-order valence-corrected chi connectivity index (χ3v) is 3.81. The number of carbonyl (C=O) groups excluding carboxylic acids is 1. The van der Waals surface area contributed by atoms with Crippen LogP contribution in [0.3, 0.4) is 0 Å². The number of hydrogen-bond acceptors (Lipinski definition) is 3. The standard InChI is InChI=1S/C13H16BrNO3/c1-18-11-7-8(6-10(14)12(11)16)13(17)15-9-4-2-3-5-9/h6-7,9,16H,2-5H2,1H3,(H,15,17). The first-order chi connectivity index (χ1) is 8.61. The van der Waals surface area contributed by atoms with Gasteiger partial charge in [-0.1, -0.05) is 12.8 Å². The third kappa shape index (κ3) is 2.77. The Morgan fingerprint density at radius 2 is 2.11 bits per heavy atom. The van der Waals surface area contributed by atoms with Crippen molar-refractivity contribution in [1.82, 2.24) is 5.32 Å². The fraction of sp³-hybridized carbons (Fsp3) is 0.462. The van der Waals surface area contributed by atoms with Gasteiger partial charge in [0.15, 0.2) is 11.5 Å². The number of aromatic hydroxyl groups is 1. The van der Waals surface area contributed by atoms with E-state index in [2.05, 4.69) is 21.2 Å². The SMILES string of the molecule is COc1cc(C(=O)NC2CCCC2)cc(Br)c1O. The van der Waals surface area contributed by atoms with Crippen molar-refractivity contribution in [3.05, 3.63) is 22.2 Å². The number of methoxy groups -OCH3 is 1. The smallest absolute Gasteiger partial charge is 0.251 e. The van der Waals surface area contributed by atoms with Crippen molar-refractivity contribution in [3.63, 3.8) is 0 Å². The second kappa shape index (κ2) is 5.61. The maximum atomic E-state index is 12.1. The molecule has 4 nitrogen and oxygen atoms in total. The van der Waals surface area contributed by atoms with Crippen LogP contribution in [0.1, 0.15) is 36.0 Å². The number of hydrogen-bond donors (Lipinski definition) is 2. The van der Waals surface area contributed by atoms with Crippen LogP contribution < -0.4 is 10.1 Å². The summed E-state index contributed by atoms with van der Waals surface area (Å²) in [7, 11) is 1.46. The van der Waals surface area contributed by atoms with E-state index in [4.69, 9.17) is 4.74 Å². The van der Waals surface area contributed by atoms with Gasteiger partial charge in [0, 0.05) is 11.6 Å². The molecule has 0 spiro atoms. The number of ether oxygens (including phenoxy) is 1. The van der Waals surface area contributed by atoms with Crippen LogP contribution in [0, 0.1) is 0 Å². The second-order valence-corrected chi connectivity index (χ2v) is 5.32. The summed E-state index contributed by atoms with van der Waals surface area (Å²) in [5.41, 5.74) is 0.489. The summed E-state index contributed by atoms with van der Waals surface area (Å²) >= 11 is 3.21. The van der Waals surface area contributed by atoms with Gasteiger partial charge in [-0.2, -0.15) is 0 Å². The van der Waals surface area contributed by atoms with E-state index in [1.54, 1.807) is 12.1 Å². The Kier molecular flexibility index (Phi) is 4.11. The predicted octanol–water partition coefficient (Wildman–Crippen LogP) is 2.84. The molecule has 1 aromatic rings. The van der Waals surface area contributed by atoms with Gasteiger partial charge in [-0.05, 0) is 40.9 Å². The number of halogens is 1. The highest BCUT2D eigenvalue weighted by Crippen LogP contribution is 2.35. The van der Waals surface area contributed by atoms with Gasteiger partial charge in [-0.3, -0.25) is 4.79 Å². The maximum Gasteiger partial charge on any atom is 0.251 e. The normalized spacial score (nSPS) is 15.7. The molecule has 98 valence electrons. The van der Waals surface area contributed by atoms with Gasteiger partial charge in [-0.15, -0.1) is 0 Å². The van der Waals surface area contributed by atoms with Crippen LogP contribution in [-0.2, 0) is 0 Å². The molecule has 1 aliphatic carbocycles. The molecule has 0 saturated heterocycles. The van der Waals surface area contributed by atoms with E-state index in [9.17, 15) is 9.90 Å². The van der Waals surface area contributed by atoms with Crippen LogP contribution >= 0.6 is 15.9 Å². The molecule has 0 heterocycles. The van der Waals surface area contributed by atoms with Gasteiger partial charge in [0.1, 0.15) is 0 Å². The quantitative estimate of drug-likeness (QED) is 0.902. The van der Waals surface area contributed by atoms with Crippen molar-refractivity contribution >= 4 is 21.8 Å². The monoisotopic (exact) mass is 313 g/mol. The molecule has 1 aromatic carbocycles. The van der Waals surface area contributed by atoms with Crippen LogP contribution in [0.4, 0.5) is 0 Å². The number of nitrogens with one attached hydrogen (secondary N) is 1. The summed E-state index contributed by atoms with van der Waals surface area (Å²) in [4.78, 5) is 12.1. The number of rotatable bonds is 3. The molecule has 1 aliphatic rings. The van der Waals surface area contributed by atoms with Crippen molar-refractivity contribution in [2.45, 2.75) is 31.7 Å². The van der Waals surface area contributed by atoms with Crippen molar-refractivity contribution in [2.24, 2.45) is 0 Å². The highest BCUT2D eigenvalue weighted by molar-refractivity contribution is 9.10. The Bertz CT molecular complexity index is 456. The average Bonchev–Trinajstić information content (AvgIpc) is 2.85. The Balaban J connectivity index is 2.16. The lowest BCUT2D eigenvalue weighted by Crippen LogP contribution is -2.32. The minimum atomic E-state index is -0.124. The molecule has 1 amide bonds. The van der Waals surface area contributed by atoms with E-state index < -0.39 is 0 Å². The van der Waals surface area contributed by atoms with Crippen LogP contribution in [-0.4, -0.2) is 24.2 Å². The summed E-state index contributed by atoms with van der Waals surface area (Å²) in [5, 5.41) is 12.7. The first-order valence-corrected chi connectivity index (χ1v) is 6.78. The lowest BCUT2D eigenvalue weighted by Gasteiger charge is -2.13. The number of phenols is 1. The van der Waals surface area contributed by atoms with Gasteiger partial charge in [-0.25, -0.2) is 0 Å². The molecule has 5 heteroatoms. The first kappa shape index (κ1) is 13.2. The number of amides is 1. The lowest BCUT2D eigenvalue weighted by atomic mass is 10.1. The van der Waals surface area contributed by atoms with Gasteiger partial charge in [0.25, 0.3) is 5.91 Å². The van der Waals surface area contributed by atoms with E-state index in [0.717, 1.165) is 12.8 Å². The molecule has 2 rings (SSSR count). The Hall–Kier alpha value is -1.23. The summed E-state index contributed by atoms with van der Waals surface area (Å²) in [6.45, 7) is 0. The summed E-state index contributed by atoms with van der Waals surface area (Å²) in [5.74, 6) is 0.178. The van der Waals surface area contributed by atoms with Crippen LogP contribution in [0.25, 0.3) is 0 Å². The van der Waals surface area contributed by atoms with Gasteiger partial charge >= 0.3 is 0 Å². The lowest BCUT2D eigenvalue weighted by molar-refractivity contribution is 0.0937. The Morgan fingerprint density at radius 3 is 2.72 bits per heavy atom. The van der Waals surface area contributed by atoms with Gasteiger partial charge in [0.2, 0.25) is 0 Å². The molecule has 2 N–H and O–H groups in total. The largest absolute Gasteiger partial charge is 0.503 e. The van der Waals surface area contributed by atoms with Crippen LogP contribution in [0.2, 0.25) is 0 Å². The fourth-order valence-corrected chi connectivity index (χ4v) is 2.64. The summed E-state index contributed by atoms with van der Waals surface area (Å²) in [6, 6.07) is 3.42. The predicted molar refractivity (Wildman–Crippen MR) is 72.1 cm³/mol. The molecule has 0 unspecified atom stereocenters. The molecule has 0 aliphatic heterocycles. The van der Waals surface area contributed by atoms with Gasteiger partial charge < -0.3 is 15.2 Å². The molecule has 18 heavy (non-hydrogen) atoms. The Labute approximate surface area is 114 Å². The molecule has 0 radical (unpaired) electrons. The molecule has 0 atom stereocenters. The summed E-state index contributed by atoms with van der Waals surface area (Å²) < 4.78 is 5.48. The molecular weight excluding hydrogens is 298 g/mol. The number of benzene rings is 1. The van der Waals surface area contributed by atoms with Gasteiger partial charge in [0.05, 0.1) is 11.6 Å². The minimum absolute atomic E-state index is 0.00918.